The number of hydrogen-bond donors (Lipinski definition) is 1. The quantitative estimate of drug-likeness (QED) is 0.379. The molecule has 4 heteroatoms. The zero-order valence-corrected chi connectivity index (χ0v) is 7.21. The number of carbonyl (C=O) groups is 2. The second kappa shape index (κ2) is 3.89. The molecule has 0 saturated carbocycles. The van der Waals surface area contributed by atoms with Crippen molar-refractivity contribution in [3.8, 4) is 0 Å². The Morgan fingerprint density at radius 3 is 2.92 bits per heavy atom. The summed E-state index contributed by atoms with van der Waals surface area (Å²) in [6.07, 6.45) is 1.57. The van der Waals surface area contributed by atoms with E-state index in [0.717, 1.165) is 0 Å². The molecule has 0 unspecified atom stereocenters. The summed E-state index contributed by atoms with van der Waals surface area (Å²) >= 11 is 0. The molecule has 0 aliphatic carbocycles. The Hall–Kier alpha value is -1.58. The van der Waals surface area contributed by atoms with Gasteiger partial charge in [0, 0.05) is 12.1 Å². The van der Waals surface area contributed by atoms with E-state index in [-0.39, 0.29) is 18.1 Å². The van der Waals surface area contributed by atoms with Gasteiger partial charge in [-0.15, -0.1) is 6.58 Å². The van der Waals surface area contributed by atoms with Crippen LogP contribution >= 0.6 is 0 Å². The molecule has 0 aromatic carbocycles. The molecule has 1 rings (SSSR count). The second-order valence-corrected chi connectivity index (χ2v) is 2.71. The van der Waals surface area contributed by atoms with E-state index in [2.05, 4.69) is 23.2 Å². The minimum atomic E-state index is -0.535. The van der Waals surface area contributed by atoms with Gasteiger partial charge in [0.15, 0.2) is 0 Å². The molecule has 0 radical (unpaired) electrons. The summed E-state index contributed by atoms with van der Waals surface area (Å²) in [5.74, 6) is -1.26. The lowest BCUT2D eigenvalue weighted by molar-refractivity contribution is -0.135. The second-order valence-electron chi connectivity index (χ2n) is 2.71. The fraction of sp³-hybridized carbons (Fsp3) is 0.333. The molecule has 13 heavy (non-hydrogen) atoms. The van der Waals surface area contributed by atoms with Crippen LogP contribution in [0.5, 0.6) is 0 Å². The van der Waals surface area contributed by atoms with Crippen LogP contribution in [0.25, 0.3) is 0 Å². The lowest BCUT2D eigenvalue weighted by atomic mass is 10.0. The number of carbonyl (C=O) groups excluding carboxylic acids is 2. The molecule has 1 saturated heterocycles. The Morgan fingerprint density at radius 2 is 2.46 bits per heavy atom. The van der Waals surface area contributed by atoms with Crippen LogP contribution in [0.3, 0.4) is 0 Å². The van der Waals surface area contributed by atoms with Gasteiger partial charge in [0.25, 0.3) is 0 Å². The fourth-order valence-electron chi connectivity index (χ4n) is 1.02. The van der Waals surface area contributed by atoms with Crippen LogP contribution in [0.4, 0.5) is 0 Å². The number of nitrogens with one attached hydrogen (secondary N) is 1. The van der Waals surface area contributed by atoms with Crippen molar-refractivity contribution < 1.29 is 14.3 Å². The highest BCUT2D eigenvalue weighted by molar-refractivity contribution is 5.99. The molecule has 4 nitrogen and oxygen atoms in total. The zero-order chi connectivity index (χ0) is 9.84. The minimum absolute atomic E-state index is 0.0979. The van der Waals surface area contributed by atoms with E-state index in [1.807, 2.05) is 0 Å². The van der Waals surface area contributed by atoms with Crippen molar-refractivity contribution in [2.45, 2.75) is 0 Å². The van der Waals surface area contributed by atoms with E-state index in [0.29, 0.717) is 6.54 Å². The van der Waals surface area contributed by atoms with Crippen LogP contribution < -0.4 is 5.32 Å². The van der Waals surface area contributed by atoms with Gasteiger partial charge in [-0.25, -0.2) is 4.79 Å². The summed E-state index contributed by atoms with van der Waals surface area (Å²) in [4.78, 5) is 22.1. The highest BCUT2D eigenvalue weighted by atomic mass is 16.5. The van der Waals surface area contributed by atoms with Crippen molar-refractivity contribution in [1.82, 2.24) is 5.32 Å². The average molecular weight is 181 g/mol. The normalized spacial score (nSPS) is 21.1. The number of cyclic esters (lactones) is 1. The standard InChI is InChI=1S/C9H11NO3/c1-3-4-10-8(11)7-5-13-9(12)6(7)2/h3,7H,1-2,4-5H2,(H,10,11)/t7-/m0/s1. The van der Waals surface area contributed by atoms with Crippen molar-refractivity contribution in [2.75, 3.05) is 13.2 Å². The van der Waals surface area contributed by atoms with E-state index in [4.69, 9.17) is 0 Å². The molecule has 0 aromatic rings. The predicted octanol–water partition coefficient (Wildman–Crippen LogP) is 0.0178. The number of amides is 1. The third kappa shape index (κ3) is 1.96. The van der Waals surface area contributed by atoms with Crippen LogP contribution in [0, 0.1) is 5.92 Å². The first-order chi connectivity index (χ1) is 6.16. The largest absolute Gasteiger partial charge is 0.461 e. The van der Waals surface area contributed by atoms with Gasteiger partial charge in [-0.05, 0) is 0 Å². The zero-order valence-electron chi connectivity index (χ0n) is 7.21. The van der Waals surface area contributed by atoms with Crippen LogP contribution in [-0.2, 0) is 14.3 Å². The van der Waals surface area contributed by atoms with Gasteiger partial charge in [-0.1, -0.05) is 12.7 Å². The maximum absolute atomic E-state index is 11.3. The smallest absolute Gasteiger partial charge is 0.334 e. The van der Waals surface area contributed by atoms with E-state index in [9.17, 15) is 9.59 Å². The van der Waals surface area contributed by atoms with Crippen molar-refractivity contribution in [1.29, 1.82) is 0 Å². The Bertz CT molecular complexity index is 270. The summed E-state index contributed by atoms with van der Waals surface area (Å²) in [6.45, 7) is 7.43. The van der Waals surface area contributed by atoms with Crippen molar-refractivity contribution in [3.63, 3.8) is 0 Å². The monoisotopic (exact) mass is 181 g/mol. The average Bonchev–Trinajstić information content (AvgIpc) is 2.44. The Labute approximate surface area is 76.3 Å². The molecule has 0 aromatic heterocycles. The lowest BCUT2D eigenvalue weighted by Gasteiger charge is -2.06. The highest BCUT2D eigenvalue weighted by Crippen LogP contribution is 2.19. The number of ether oxygens (including phenoxy) is 1. The third-order valence-electron chi connectivity index (χ3n) is 1.80. The van der Waals surface area contributed by atoms with Gasteiger partial charge in [0.1, 0.15) is 12.5 Å². The number of rotatable bonds is 3. The number of esters is 1. The van der Waals surface area contributed by atoms with Crippen LogP contribution in [-0.4, -0.2) is 25.0 Å². The molecule has 1 N–H and O–H groups in total. The van der Waals surface area contributed by atoms with Gasteiger partial charge in [0.05, 0.1) is 0 Å². The van der Waals surface area contributed by atoms with E-state index in [1.165, 1.54) is 0 Å². The van der Waals surface area contributed by atoms with Crippen LogP contribution in [0.2, 0.25) is 0 Å². The minimum Gasteiger partial charge on any atom is -0.461 e. The molecule has 70 valence electrons. The van der Waals surface area contributed by atoms with Crippen LogP contribution in [0.1, 0.15) is 0 Å². The molecule has 1 atom stereocenters. The topological polar surface area (TPSA) is 55.4 Å². The van der Waals surface area contributed by atoms with Gasteiger partial charge in [-0.3, -0.25) is 4.79 Å². The molecule has 0 spiro atoms. The predicted molar refractivity (Wildman–Crippen MR) is 46.8 cm³/mol. The van der Waals surface area contributed by atoms with Gasteiger partial charge >= 0.3 is 5.97 Å². The van der Waals surface area contributed by atoms with Crippen LogP contribution in [0.15, 0.2) is 24.8 Å². The molecular weight excluding hydrogens is 170 g/mol. The molecule has 1 fully saturated rings. The van der Waals surface area contributed by atoms with Gasteiger partial charge in [0.2, 0.25) is 5.91 Å². The van der Waals surface area contributed by atoms with E-state index < -0.39 is 11.9 Å². The first-order valence-electron chi connectivity index (χ1n) is 3.91. The van der Waals surface area contributed by atoms with E-state index >= 15 is 0 Å². The summed E-state index contributed by atoms with van der Waals surface area (Å²) in [7, 11) is 0. The van der Waals surface area contributed by atoms with Crippen molar-refractivity contribution >= 4 is 11.9 Å². The fourth-order valence-corrected chi connectivity index (χ4v) is 1.02. The lowest BCUT2D eigenvalue weighted by Crippen LogP contribution is -2.31. The van der Waals surface area contributed by atoms with Gasteiger partial charge < -0.3 is 10.1 Å². The molecular formula is C9H11NO3. The third-order valence-corrected chi connectivity index (χ3v) is 1.80. The Morgan fingerprint density at radius 1 is 1.77 bits per heavy atom. The summed E-state index contributed by atoms with van der Waals surface area (Å²) in [5.41, 5.74) is 0.224. The summed E-state index contributed by atoms with van der Waals surface area (Å²) in [6, 6.07) is 0. The highest BCUT2D eigenvalue weighted by Gasteiger charge is 2.33. The van der Waals surface area contributed by atoms with Gasteiger partial charge in [-0.2, -0.15) is 0 Å². The first kappa shape index (κ1) is 9.51. The molecule has 0 bridgehead atoms. The SMILES string of the molecule is C=CCNC(=O)[C@H]1COC(=O)C1=C. The molecule has 1 aliphatic heterocycles. The van der Waals surface area contributed by atoms with Crippen molar-refractivity contribution in [2.24, 2.45) is 5.92 Å². The molecule has 1 aliphatic rings. The Kier molecular flexibility index (Phi) is 2.84. The maximum Gasteiger partial charge on any atom is 0.334 e. The summed E-state index contributed by atoms with van der Waals surface area (Å²) in [5, 5.41) is 2.58. The molecule has 1 heterocycles. The number of hydrogen-bond acceptors (Lipinski definition) is 3. The maximum atomic E-state index is 11.3. The van der Waals surface area contributed by atoms with E-state index in [1.54, 1.807) is 6.08 Å². The van der Waals surface area contributed by atoms with Crippen molar-refractivity contribution in [3.05, 3.63) is 24.8 Å². The Balaban J connectivity index is 2.53. The molecule has 1 amide bonds. The summed E-state index contributed by atoms with van der Waals surface area (Å²) < 4.78 is 4.65. The first-order valence-corrected chi connectivity index (χ1v) is 3.91.